The molecule has 1 heterocycles. The van der Waals surface area contributed by atoms with Crippen LogP contribution in [0.2, 0.25) is 0 Å². The molecular formula is C19H25N3O3. The van der Waals surface area contributed by atoms with E-state index in [0.717, 1.165) is 17.5 Å². The number of methoxy groups -OCH3 is 1. The first-order valence-corrected chi connectivity index (χ1v) is 8.39. The Morgan fingerprint density at radius 2 is 1.92 bits per heavy atom. The molecule has 2 N–H and O–H groups in total. The summed E-state index contributed by atoms with van der Waals surface area (Å²) in [5.74, 6) is 1.36. The van der Waals surface area contributed by atoms with Crippen LogP contribution in [0.15, 0.2) is 42.7 Å². The predicted octanol–water partition coefficient (Wildman–Crippen LogP) is 2.28. The van der Waals surface area contributed by atoms with Crippen molar-refractivity contribution in [3.8, 4) is 11.5 Å². The first kappa shape index (κ1) is 18.7. The number of rotatable bonds is 10. The minimum atomic E-state index is 0.00567. The van der Waals surface area contributed by atoms with Crippen LogP contribution < -0.4 is 20.1 Å². The highest BCUT2D eigenvalue weighted by Gasteiger charge is 2.07. The fourth-order valence-corrected chi connectivity index (χ4v) is 2.23. The molecule has 0 radical (unpaired) electrons. The average Bonchev–Trinajstić information content (AvgIpc) is 2.66. The summed E-state index contributed by atoms with van der Waals surface area (Å²) in [6.07, 6.45) is 4.41. The van der Waals surface area contributed by atoms with E-state index in [0.29, 0.717) is 37.7 Å². The van der Waals surface area contributed by atoms with Gasteiger partial charge in [0.25, 0.3) is 0 Å². The summed E-state index contributed by atoms with van der Waals surface area (Å²) >= 11 is 0. The molecule has 6 nitrogen and oxygen atoms in total. The molecule has 134 valence electrons. The van der Waals surface area contributed by atoms with Gasteiger partial charge in [-0.3, -0.25) is 9.78 Å². The van der Waals surface area contributed by atoms with Crippen molar-refractivity contribution >= 4 is 5.91 Å². The summed E-state index contributed by atoms with van der Waals surface area (Å²) in [4.78, 5) is 15.6. The van der Waals surface area contributed by atoms with Crippen molar-refractivity contribution in [3.63, 3.8) is 0 Å². The minimum Gasteiger partial charge on any atom is -0.493 e. The Morgan fingerprint density at radius 1 is 1.12 bits per heavy atom. The molecule has 0 saturated heterocycles. The van der Waals surface area contributed by atoms with E-state index >= 15 is 0 Å². The number of amides is 1. The van der Waals surface area contributed by atoms with Crippen molar-refractivity contribution < 1.29 is 14.3 Å². The summed E-state index contributed by atoms with van der Waals surface area (Å²) in [5, 5.41) is 5.96. The van der Waals surface area contributed by atoms with E-state index in [1.807, 2.05) is 37.3 Å². The van der Waals surface area contributed by atoms with Gasteiger partial charge in [0.05, 0.1) is 13.7 Å². The normalized spacial score (nSPS) is 10.3. The van der Waals surface area contributed by atoms with Gasteiger partial charge in [-0.1, -0.05) is 13.0 Å². The van der Waals surface area contributed by atoms with Gasteiger partial charge in [0.2, 0.25) is 5.91 Å². The lowest BCUT2D eigenvalue weighted by atomic mass is 10.2. The van der Waals surface area contributed by atoms with E-state index < -0.39 is 0 Å². The summed E-state index contributed by atoms with van der Waals surface area (Å²) in [6.45, 7) is 4.06. The molecule has 2 rings (SSSR count). The molecule has 0 saturated carbocycles. The molecule has 0 aliphatic carbocycles. The van der Waals surface area contributed by atoms with E-state index in [9.17, 15) is 4.79 Å². The quantitative estimate of drug-likeness (QED) is 0.692. The number of aromatic nitrogens is 1. The van der Waals surface area contributed by atoms with Crippen LogP contribution in [0.4, 0.5) is 0 Å². The molecule has 25 heavy (non-hydrogen) atoms. The molecular weight excluding hydrogens is 318 g/mol. The van der Waals surface area contributed by atoms with Crippen LogP contribution in [0.5, 0.6) is 11.5 Å². The molecule has 1 aromatic carbocycles. The third-order valence-electron chi connectivity index (χ3n) is 3.56. The summed E-state index contributed by atoms with van der Waals surface area (Å²) in [7, 11) is 1.62. The van der Waals surface area contributed by atoms with E-state index in [1.54, 1.807) is 19.5 Å². The average molecular weight is 343 g/mol. The van der Waals surface area contributed by atoms with Gasteiger partial charge < -0.3 is 20.1 Å². The third-order valence-corrected chi connectivity index (χ3v) is 3.56. The highest BCUT2D eigenvalue weighted by molar-refractivity contribution is 5.77. The molecule has 1 amide bonds. The van der Waals surface area contributed by atoms with Crippen LogP contribution in [-0.2, 0) is 17.9 Å². The first-order valence-electron chi connectivity index (χ1n) is 8.39. The number of hydrogen-bond donors (Lipinski definition) is 2. The fraction of sp³-hybridized carbons (Fsp3) is 0.368. The van der Waals surface area contributed by atoms with Gasteiger partial charge in [0.15, 0.2) is 11.5 Å². The van der Waals surface area contributed by atoms with Crippen molar-refractivity contribution in [2.24, 2.45) is 0 Å². The second-order valence-electron chi connectivity index (χ2n) is 5.58. The maximum Gasteiger partial charge on any atom is 0.233 e. The number of carbonyl (C=O) groups is 1. The molecule has 2 aromatic rings. The lowest BCUT2D eigenvalue weighted by Crippen LogP contribution is -2.33. The molecule has 1 aromatic heterocycles. The van der Waals surface area contributed by atoms with E-state index in [1.165, 1.54) is 0 Å². The Labute approximate surface area is 148 Å². The van der Waals surface area contributed by atoms with Gasteiger partial charge >= 0.3 is 0 Å². The molecule has 0 atom stereocenters. The second kappa shape index (κ2) is 10.3. The molecule has 0 aliphatic rings. The summed E-state index contributed by atoms with van der Waals surface area (Å²) < 4.78 is 11.2. The number of ether oxygens (including phenoxy) is 2. The monoisotopic (exact) mass is 343 g/mol. The van der Waals surface area contributed by atoms with Crippen LogP contribution in [0.1, 0.15) is 24.5 Å². The van der Waals surface area contributed by atoms with Crippen LogP contribution in [0.25, 0.3) is 0 Å². The predicted molar refractivity (Wildman–Crippen MR) is 96.6 cm³/mol. The van der Waals surface area contributed by atoms with E-state index in [4.69, 9.17) is 9.47 Å². The number of hydrogen-bond acceptors (Lipinski definition) is 5. The summed E-state index contributed by atoms with van der Waals surface area (Å²) in [6, 6.07) is 9.58. The third kappa shape index (κ3) is 6.43. The standard InChI is InChI=1S/C19H25N3O3/c1-3-8-22-19(23)13-21-12-16-4-5-17(18(11-16)24-2)25-14-15-6-9-20-10-7-15/h4-7,9-11,21H,3,8,12-14H2,1-2H3,(H,22,23). The molecule has 0 fully saturated rings. The van der Waals surface area contributed by atoms with Gasteiger partial charge in [-0.15, -0.1) is 0 Å². The number of nitrogens with zero attached hydrogens (tertiary/aromatic N) is 1. The van der Waals surface area contributed by atoms with Gasteiger partial charge in [-0.05, 0) is 41.8 Å². The first-order chi connectivity index (χ1) is 12.2. The Kier molecular flexibility index (Phi) is 7.72. The van der Waals surface area contributed by atoms with Crippen molar-refractivity contribution in [2.75, 3.05) is 20.2 Å². The minimum absolute atomic E-state index is 0.00567. The topological polar surface area (TPSA) is 72.5 Å². The van der Waals surface area contributed by atoms with Crippen molar-refractivity contribution in [1.82, 2.24) is 15.6 Å². The van der Waals surface area contributed by atoms with Crippen LogP contribution in [0, 0.1) is 0 Å². The maximum absolute atomic E-state index is 11.6. The lowest BCUT2D eigenvalue weighted by molar-refractivity contribution is -0.120. The molecule has 6 heteroatoms. The number of nitrogens with one attached hydrogen (secondary N) is 2. The zero-order chi connectivity index (χ0) is 17.9. The van der Waals surface area contributed by atoms with Gasteiger partial charge in [0.1, 0.15) is 6.61 Å². The lowest BCUT2D eigenvalue weighted by Gasteiger charge is -2.13. The van der Waals surface area contributed by atoms with Crippen LogP contribution >= 0.6 is 0 Å². The molecule has 0 bridgehead atoms. The smallest absolute Gasteiger partial charge is 0.233 e. The summed E-state index contributed by atoms with van der Waals surface area (Å²) in [5.41, 5.74) is 2.07. The Morgan fingerprint density at radius 3 is 2.64 bits per heavy atom. The Hall–Kier alpha value is -2.60. The Bertz CT molecular complexity index is 662. The number of pyridine rings is 1. The van der Waals surface area contributed by atoms with Crippen molar-refractivity contribution in [2.45, 2.75) is 26.5 Å². The van der Waals surface area contributed by atoms with Crippen molar-refractivity contribution in [3.05, 3.63) is 53.9 Å². The SMILES string of the molecule is CCCNC(=O)CNCc1ccc(OCc2ccncc2)c(OC)c1. The maximum atomic E-state index is 11.6. The van der Waals surface area contributed by atoms with Crippen LogP contribution in [0.3, 0.4) is 0 Å². The molecule has 0 aliphatic heterocycles. The van der Waals surface area contributed by atoms with Gasteiger partial charge in [0, 0.05) is 25.5 Å². The molecule has 0 spiro atoms. The zero-order valence-corrected chi connectivity index (χ0v) is 14.7. The van der Waals surface area contributed by atoms with Crippen molar-refractivity contribution in [1.29, 1.82) is 0 Å². The van der Waals surface area contributed by atoms with E-state index in [-0.39, 0.29) is 5.91 Å². The largest absolute Gasteiger partial charge is 0.493 e. The second-order valence-corrected chi connectivity index (χ2v) is 5.58. The highest BCUT2D eigenvalue weighted by atomic mass is 16.5. The number of carbonyl (C=O) groups excluding carboxylic acids is 1. The Balaban J connectivity index is 1.86. The van der Waals surface area contributed by atoms with Crippen LogP contribution in [-0.4, -0.2) is 31.1 Å². The zero-order valence-electron chi connectivity index (χ0n) is 14.7. The van der Waals surface area contributed by atoms with E-state index in [2.05, 4.69) is 15.6 Å². The highest BCUT2D eigenvalue weighted by Crippen LogP contribution is 2.28. The number of benzene rings is 1. The van der Waals surface area contributed by atoms with Gasteiger partial charge in [-0.25, -0.2) is 0 Å². The fourth-order valence-electron chi connectivity index (χ4n) is 2.23. The van der Waals surface area contributed by atoms with Gasteiger partial charge in [-0.2, -0.15) is 0 Å². The molecule has 0 unspecified atom stereocenters.